The van der Waals surface area contributed by atoms with Gasteiger partial charge in [0.2, 0.25) is 0 Å². The Kier molecular flexibility index (Phi) is 4.06. The van der Waals surface area contributed by atoms with E-state index in [2.05, 4.69) is 42.0 Å². The summed E-state index contributed by atoms with van der Waals surface area (Å²) < 4.78 is 22.4. The third-order valence-corrected chi connectivity index (χ3v) is 5.33. The van der Waals surface area contributed by atoms with Crippen LogP contribution in [0, 0.1) is 12.7 Å². The zero-order valence-electron chi connectivity index (χ0n) is 14.1. The predicted octanol–water partition coefficient (Wildman–Crippen LogP) is 5.87. The number of nitrogens with zero attached hydrogens (tertiary/aromatic N) is 1. The van der Waals surface area contributed by atoms with Gasteiger partial charge in [-0.3, -0.25) is 0 Å². The first-order valence-corrected chi connectivity index (χ1v) is 8.93. The Hall–Kier alpha value is -2.59. The van der Waals surface area contributed by atoms with Crippen molar-refractivity contribution in [3.63, 3.8) is 0 Å². The first-order chi connectivity index (χ1) is 12.1. The lowest BCUT2D eigenvalue weighted by Crippen LogP contribution is -1.97. The van der Waals surface area contributed by atoms with E-state index in [0.717, 1.165) is 17.7 Å². The molecule has 0 aliphatic rings. The highest BCUT2D eigenvalue weighted by Gasteiger charge is 2.07. The molecule has 2 aromatic heterocycles. The van der Waals surface area contributed by atoms with E-state index in [0.29, 0.717) is 5.75 Å². The molecule has 25 heavy (non-hydrogen) atoms. The van der Waals surface area contributed by atoms with Crippen LogP contribution in [-0.2, 0) is 6.54 Å². The molecule has 4 aromatic rings. The molecule has 0 N–H and O–H groups in total. The molecule has 0 radical (unpaired) electrons. The fourth-order valence-corrected chi connectivity index (χ4v) is 4.01. The van der Waals surface area contributed by atoms with Crippen molar-refractivity contribution in [2.45, 2.75) is 13.5 Å². The number of thiophene rings is 1. The number of ether oxygens (including phenoxy) is 1. The molecule has 0 amide bonds. The molecule has 0 unspecified atom stereocenters. The molecule has 0 saturated heterocycles. The zero-order chi connectivity index (χ0) is 17.4. The summed E-state index contributed by atoms with van der Waals surface area (Å²) in [7, 11) is 1.55. The average Bonchev–Trinajstić information content (AvgIpc) is 3.15. The SMILES string of the molecule is COc1cc(F)cc(-c2ccc(Cn3ccc4sc(C)cc43)cc2)c1. The molecule has 0 aliphatic heterocycles. The van der Waals surface area contributed by atoms with Crippen LogP contribution in [0.2, 0.25) is 0 Å². The minimum atomic E-state index is -0.291. The Balaban J connectivity index is 1.60. The largest absolute Gasteiger partial charge is 0.497 e. The lowest BCUT2D eigenvalue weighted by Gasteiger charge is -2.08. The van der Waals surface area contributed by atoms with Crippen LogP contribution in [0.15, 0.2) is 60.8 Å². The molecule has 0 bridgehead atoms. The van der Waals surface area contributed by atoms with Crippen LogP contribution in [0.1, 0.15) is 10.4 Å². The maximum absolute atomic E-state index is 13.7. The van der Waals surface area contributed by atoms with E-state index in [1.807, 2.05) is 29.5 Å². The molecule has 4 heteroatoms. The van der Waals surface area contributed by atoms with Crippen LogP contribution in [-0.4, -0.2) is 11.7 Å². The summed E-state index contributed by atoms with van der Waals surface area (Å²) in [5, 5.41) is 0. The van der Waals surface area contributed by atoms with Crippen molar-refractivity contribution in [3.8, 4) is 16.9 Å². The summed E-state index contributed by atoms with van der Waals surface area (Å²) in [6.07, 6.45) is 2.13. The van der Waals surface area contributed by atoms with Gasteiger partial charge in [0, 0.05) is 23.7 Å². The highest BCUT2D eigenvalue weighted by Crippen LogP contribution is 2.28. The van der Waals surface area contributed by atoms with Gasteiger partial charge in [0.05, 0.1) is 17.3 Å². The maximum atomic E-state index is 13.7. The average molecular weight is 351 g/mol. The number of aryl methyl sites for hydroxylation is 1. The van der Waals surface area contributed by atoms with Crippen molar-refractivity contribution in [3.05, 3.63) is 77.1 Å². The molecule has 0 saturated carbocycles. The number of methoxy groups -OCH3 is 1. The van der Waals surface area contributed by atoms with E-state index in [-0.39, 0.29) is 5.82 Å². The molecule has 2 heterocycles. The number of hydrogen-bond donors (Lipinski definition) is 0. The maximum Gasteiger partial charge on any atom is 0.127 e. The third kappa shape index (κ3) is 3.17. The Morgan fingerprint density at radius 1 is 1.00 bits per heavy atom. The highest BCUT2D eigenvalue weighted by molar-refractivity contribution is 7.18. The lowest BCUT2D eigenvalue weighted by molar-refractivity contribution is 0.411. The molecule has 0 fully saturated rings. The van der Waals surface area contributed by atoms with Crippen molar-refractivity contribution in [1.29, 1.82) is 0 Å². The minimum Gasteiger partial charge on any atom is -0.497 e. The van der Waals surface area contributed by atoms with Gasteiger partial charge in [0.1, 0.15) is 11.6 Å². The van der Waals surface area contributed by atoms with Crippen molar-refractivity contribution in [2.75, 3.05) is 7.11 Å². The summed E-state index contributed by atoms with van der Waals surface area (Å²) in [5.41, 5.74) is 4.29. The number of hydrogen-bond acceptors (Lipinski definition) is 2. The first-order valence-electron chi connectivity index (χ1n) is 8.11. The number of rotatable bonds is 4. The highest BCUT2D eigenvalue weighted by atomic mass is 32.1. The van der Waals surface area contributed by atoms with E-state index in [9.17, 15) is 4.39 Å². The molecule has 4 rings (SSSR count). The van der Waals surface area contributed by atoms with Crippen molar-refractivity contribution in [2.24, 2.45) is 0 Å². The molecule has 2 nitrogen and oxygen atoms in total. The van der Waals surface area contributed by atoms with Crippen LogP contribution < -0.4 is 4.74 Å². The number of fused-ring (bicyclic) bond motifs is 1. The standard InChI is InChI=1S/C21H18FNOS/c1-14-9-20-21(25-14)7-8-23(20)13-15-3-5-16(6-4-15)17-10-18(22)12-19(11-17)24-2/h3-12H,13H2,1-2H3. The van der Waals surface area contributed by atoms with Gasteiger partial charge in [-0.05, 0) is 47.9 Å². The second-order valence-electron chi connectivity index (χ2n) is 6.13. The first kappa shape index (κ1) is 15.9. The topological polar surface area (TPSA) is 14.2 Å². The van der Waals surface area contributed by atoms with Crippen molar-refractivity contribution < 1.29 is 9.13 Å². The third-order valence-electron chi connectivity index (χ3n) is 4.33. The van der Waals surface area contributed by atoms with Crippen LogP contribution in [0.25, 0.3) is 21.3 Å². The Morgan fingerprint density at radius 2 is 1.80 bits per heavy atom. The zero-order valence-corrected chi connectivity index (χ0v) is 14.9. The molecule has 0 spiro atoms. The minimum absolute atomic E-state index is 0.291. The summed E-state index contributed by atoms with van der Waals surface area (Å²) in [6, 6.07) is 17.4. The molecular formula is C21H18FNOS. The van der Waals surface area contributed by atoms with Gasteiger partial charge in [-0.2, -0.15) is 0 Å². The van der Waals surface area contributed by atoms with Gasteiger partial charge in [-0.25, -0.2) is 4.39 Å². The Bertz CT molecular complexity index is 1030. The Labute approximate surface area is 150 Å². The van der Waals surface area contributed by atoms with E-state index in [4.69, 9.17) is 4.74 Å². The quantitative estimate of drug-likeness (QED) is 0.448. The van der Waals surface area contributed by atoms with Gasteiger partial charge < -0.3 is 9.30 Å². The van der Waals surface area contributed by atoms with Gasteiger partial charge in [0.15, 0.2) is 0 Å². The number of benzene rings is 2. The summed E-state index contributed by atoms with van der Waals surface area (Å²) in [6.45, 7) is 2.96. The van der Waals surface area contributed by atoms with Crippen LogP contribution >= 0.6 is 11.3 Å². The monoisotopic (exact) mass is 351 g/mol. The summed E-state index contributed by atoms with van der Waals surface area (Å²) >= 11 is 1.82. The predicted molar refractivity (Wildman–Crippen MR) is 102 cm³/mol. The Morgan fingerprint density at radius 3 is 2.56 bits per heavy atom. The van der Waals surface area contributed by atoms with E-state index in [1.54, 1.807) is 7.11 Å². The number of halogens is 1. The van der Waals surface area contributed by atoms with Gasteiger partial charge in [-0.1, -0.05) is 24.3 Å². The van der Waals surface area contributed by atoms with Crippen molar-refractivity contribution in [1.82, 2.24) is 4.57 Å². The summed E-state index contributed by atoms with van der Waals surface area (Å²) in [5.74, 6) is 0.239. The fraction of sp³-hybridized carbons (Fsp3) is 0.143. The summed E-state index contributed by atoms with van der Waals surface area (Å²) in [4.78, 5) is 1.33. The number of aromatic nitrogens is 1. The molecule has 0 aliphatic carbocycles. The fourth-order valence-electron chi connectivity index (χ4n) is 3.09. The molecule has 0 atom stereocenters. The lowest BCUT2D eigenvalue weighted by atomic mass is 10.0. The van der Waals surface area contributed by atoms with Crippen LogP contribution in [0.3, 0.4) is 0 Å². The van der Waals surface area contributed by atoms with Gasteiger partial charge >= 0.3 is 0 Å². The van der Waals surface area contributed by atoms with Crippen molar-refractivity contribution >= 4 is 21.6 Å². The molecule has 2 aromatic carbocycles. The van der Waals surface area contributed by atoms with Gasteiger partial charge in [-0.15, -0.1) is 11.3 Å². The van der Waals surface area contributed by atoms with Crippen LogP contribution in [0.4, 0.5) is 4.39 Å². The molecular weight excluding hydrogens is 333 g/mol. The molecule has 126 valence electrons. The second-order valence-corrected chi connectivity index (χ2v) is 7.41. The van der Waals surface area contributed by atoms with E-state index < -0.39 is 0 Å². The van der Waals surface area contributed by atoms with E-state index in [1.165, 1.54) is 32.8 Å². The van der Waals surface area contributed by atoms with Gasteiger partial charge in [0.25, 0.3) is 0 Å². The second kappa shape index (κ2) is 6.37. The normalized spacial score (nSPS) is 11.2. The van der Waals surface area contributed by atoms with Crippen LogP contribution in [0.5, 0.6) is 5.75 Å². The van der Waals surface area contributed by atoms with E-state index >= 15 is 0 Å². The smallest absolute Gasteiger partial charge is 0.127 e.